The van der Waals surface area contributed by atoms with Crippen LogP contribution < -0.4 is 14.5 Å². The molecule has 8 heteroatoms. The van der Waals surface area contributed by atoms with Crippen molar-refractivity contribution >= 4 is 17.5 Å². The molecule has 0 N–H and O–H groups in total. The summed E-state index contributed by atoms with van der Waals surface area (Å²) in [4.78, 5) is 30.1. The predicted octanol–water partition coefficient (Wildman–Crippen LogP) is 0.956. The highest BCUT2D eigenvalue weighted by Gasteiger charge is 2.23. The van der Waals surface area contributed by atoms with E-state index in [1.807, 2.05) is 35.2 Å². The molecule has 154 valence electrons. The molecular formula is C21H28N6O2. The Balaban J connectivity index is 1.29. The van der Waals surface area contributed by atoms with Crippen LogP contribution in [0.3, 0.4) is 0 Å². The molecule has 1 aromatic carbocycles. The van der Waals surface area contributed by atoms with Crippen molar-refractivity contribution in [2.75, 3.05) is 75.8 Å². The van der Waals surface area contributed by atoms with Gasteiger partial charge in [0.05, 0.1) is 0 Å². The average molecular weight is 396 g/mol. The molecule has 2 aromatic rings. The van der Waals surface area contributed by atoms with Gasteiger partial charge < -0.3 is 24.3 Å². The number of amides is 1. The number of likely N-dealkylation sites (N-methyl/N-ethyl adjacent to an activating group) is 1. The molecule has 0 bridgehead atoms. The van der Waals surface area contributed by atoms with E-state index in [0.717, 1.165) is 56.7 Å². The fourth-order valence-electron chi connectivity index (χ4n) is 3.66. The van der Waals surface area contributed by atoms with Gasteiger partial charge >= 0.3 is 0 Å². The number of piperazine rings is 2. The lowest BCUT2D eigenvalue weighted by atomic mass is 10.3. The van der Waals surface area contributed by atoms with E-state index in [0.29, 0.717) is 13.1 Å². The summed E-state index contributed by atoms with van der Waals surface area (Å²) in [6.07, 6.45) is 1.65. The summed E-state index contributed by atoms with van der Waals surface area (Å²) < 4.78 is 5.59. The second-order valence-corrected chi connectivity index (χ2v) is 7.49. The Morgan fingerprint density at radius 3 is 2.10 bits per heavy atom. The predicted molar refractivity (Wildman–Crippen MR) is 112 cm³/mol. The van der Waals surface area contributed by atoms with Crippen LogP contribution in [-0.2, 0) is 4.79 Å². The summed E-state index contributed by atoms with van der Waals surface area (Å²) in [5.74, 6) is 2.66. The Kier molecular flexibility index (Phi) is 6.09. The summed E-state index contributed by atoms with van der Waals surface area (Å²) in [5.41, 5.74) is 0. The van der Waals surface area contributed by atoms with Crippen LogP contribution in [0.25, 0.3) is 0 Å². The van der Waals surface area contributed by atoms with Gasteiger partial charge in [-0.1, -0.05) is 18.2 Å². The number of rotatable bonds is 5. The minimum absolute atomic E-state index is 0.0225. The molecule has 0 spiro atoms. The van der Waals surface area contributed by atoms with Gasteiger partial charge in [-0.15, -0.1) is 0 Å². The van der Waals surface area contributed by atoms with E-state index in [4.69, 9.17) is 4.74 Å². The van der Waals surface area contributed by atoms with Gasteiger partial charge in [-0.2, -0.15) is 0 Å². The number of nitrogens with zero attached hydrogens (tertiary/aromatic N) is 6. The van der Waals surface area contributed by atoms with Crippen LogP contribution in [0.1, 0.15) is 0 Å². The number of ether oxygens (including phenoxy) is 1. The Morgan fingerprint density at radius 2 is 1.48 bits per heavy atom. The van der Waals surface area contributed by atoms with Gasteiger partial charge in [0.2, 0.25) is 0 Å². The number of carbonyl (C=O) groups is 1. The first-order valence-corrected chi connectivity index (χ1v) is 10.1. The molecular weight excluding hydrogens is 368 g/mol. The third kappa shape index (κ3) is 4.95. The number of carbonyl (C=O) groups excluding carboxylic acids is 1. The zero-order valence-electron chi connectivity index (χ0n) is 16.9. The summed E-state index contributed by atoms with van der Waals surface area (Å²) in [7, 11) is 2.15. The molecule has 3 heterocycles. The molecule has 0 aliphatic carbocycles. The van der Waals surface area contributed by atoms with Crippen molar-refractivity contribution in [1.82, 2.24) is 19.8 Å². The van der Waals surface area contributed by atoms with E-state index in [-0.39, 0.29) is 12.5 Å². The Hall–Kier alpha value is -2.87. The molecule has 2 aliphatic heterocycles. The quantitative estimate of drug-likeness (QED) is 0.746. The highest BCUT2D eigenvalue weighted by atomic mass is 16.5. The Morgan fingerprint density at radius 1 is 0.897 bits per heavy atom. The van der Waals surface area contributed by atoms with Gasteiger partial charge in [0.1, 0.15) is 23.7 Å². The van der Waals surface area contributed by atoms with Crippen LogP contribution >= 0.6 is 0 Å². The number of benzene rings is 1. The maximum atomic E-state index is 12.4. The normalized spacial score (nSPS) is 18.0. The Bertz CT molecular complexity index is 802. The van der Waals surface area contributed by atoms with Gasteiger partial charge in [0, 0.05) is 58.4 Å². The molecule has 0 unspecified atom stereocenters. The molecule has 0 atom stereocenters. The van der Waals surface area contributed by atoms with E-state index in [1.165, 1.54) is 0 Å². The molecule has 0 saturated carbocycles. The van der Waals surface area contributed by atoms with E-state index >= 15 is 0 Å². The van der Waals surface area contributed by atoms with Crippen molar-refractivity contribution in [3.05, 3.63) is 42.7 Å². The summed E-state index contributed by atoms with van der Waals surface area (Å²) in [5, 5.41) is 0. The molecule has 8 nitrogen and oxygen atoms in total. The van der Waals surface area contributed by atoms with Crippen LogP contribution in [0.5, 0.6) is 5.75 Å². The van der Waals surface area contributed by atoms with Crippen LogP contribution in [0.2, 0.25) is 0 Å². The zero-order valence-corrected chi connectivity index (χ0v) is 16.9. The number of aromatic nitrogens is 2. The largest absolute Gasteiger partial charge is 0.484 e. The van der Waals surface area contributed by atoms with Gasteiger partial charge in [0.15, 0.2) is 6.61 Å². The van der Waals surface area contributed by atoms with Gasteiger partial charge in [0.25, 0.3) is 5.91 Å². The maximum Gasteiger partial charge on any atom is 0.260 e. The van der Waals surface area contributed by atoms with Gasteiger partial charge in [-0.3, -0.25) is 4.79 Å². The van der Waals surface area contributed by atoms with Crippen LogP contribution in [0.4, 0.5) is 11.6 Å². The van der Waals surface area contributed by atoms with Gasteiger partial charge in [-0.25, -0.2) is 9.97 Å². The molecule has 4 rings (SSSR count). The Labute approximate surface area is 171 Å². The number of para-hydroxylation sites is 1. The van der Waals surface area contributed by atoms with E-state index in [1.54, 1.807) is 6.33 Å². The minimum Gasteiger partial charge on any atom is -0.484 e. The zero-order chi connectivity index (χ0) is 20.1. The van der Waals surface area contributed by atoms with Crippen LogP contribution in [-0.4, -0.2) is 91.7 Å². The van der Waals surface area contributed by atoms with Crippen molar-refractivity contribution in [1.29, 1.82) is 0 Å². The van der Waals surface area contributed by atoms with Crippen LogP contribution in [0, 0.1) is 0 Å². The lowest BCUT2D eigenvalue weighted by Crippen LogP contribution is -2.50. The van der Waals surface area contributed by atoms with Crippen molar-refractivity contribution in [3.8, 4) is 5.75 Å². The highest BCUT2D eigenvalue weighted by Crippen LogP contribution is 2.20. The first-order valence-electron chi connectivity index (χ1n) is 10.1. The van der Waals surface area contributed by atoms with Crippen molar-refractivity contribution in [2.24, 2.45) is 0 Å². The van der Waals surface area contributed by atoms with Crippen molar-refractivity contribution < 1.29 is 9.53 Å². The monoisotopic (exact) mass is 396 g/mol. The van der Waals surface area contributed by atoms with E-state index in [9.17, 15) is 4.79 Å². The highest BCUT2D eigenvalue weighted by molar-refractivity contribution is 5.78. The molecule has 29 heavy (non-hydrogen) atoms. The maximum absolute atomic E-state index is 12.4. The lowest BCUT2D eigenvalue weighted by Gasteiger charge is -2.36. The first-order chi connectivity index (χ1) is 14.2. The fourth-order valence-corrected chi connectivity index (χ4v) is 3.66. The minimum atomic E-state index is 0.0225. The molecule has 1 amide bonds. The molecule has 2 fully saturated rings. The average Bonchev–Trinajstić information content (AvgIpc) is 2.79. The lowest BCUT2D eigenvalue weighted by molar-refractivity contribution is -0.133. The van der Waals surface area contributed by atoms with Gasteiger partial charge in [-0.05, 0) is 19.2 Å². The number of anilines is 2. The second kappa shape index (κ2) is 9.09. The number of hydrogen-bond acceptors (Lipinski definition) is 7. The molecule has 1 aromatic heterocycles. The summed E-state index contributed by atoms with van der Waals surface area (Å²) in [6.45, 7) is 7.00. The molecule has 2 aliphatic rings. The fraction of sp³-hybridized carbons (Fsp3) is 0.476. The smallest absolute Gasteiger partial charge is 0.260 e. The summed E-state index contributed by atoms with van der Waals surface area (Å²) >= 11 is 0. The second-order valence-electron chi connectivity index (χ2n) is 7.49. The molecule has 0 radical (unpaired) electrons. The SMILES string of the molecule is CN1CCN(c2cc(N3CCN(C(=O)COc4ccccc4)CC3)ncn2)CC1. The number of hydrogen-bond donors (Lipinski definition) is 0. The van der Waals surface area contributed by atoms with Crippen LogP contribution in [0.15, 0.2) is 42.7 Å². The van der Waals surface area contributed by atoms with E-state index < -0.39 is 0 Å². The third-order valence-electron chi connectivity index (χ3n) is 5.53. The molecule has 2 saturated heterocycles. The van der Waals surface area contributed by atoms with E-state index in [2.05, 4.69) is 37.8 Å². The third-order valence-corrected chi connectivity index (χ3v) is 5.53. The summed E-state index contributed by atoms with van der Waals surface area (Å²) in [6, 6.07) is 11.5. The van der Waals surface area contributed by atoms with Crippen molar-refractivity contribution in [2.45, 2.75) is 0 Å². The van der Waals surface area contributed by atoms with Crippen molar-refractivity contribution in [3.63, 3.8) is 0 Å². The standard InChI is InChI=1S/C21H28N6O2/c1-24-7-9-25(10-8-24)19-15-20(23-17-22-19)26-11-13-27(14-12-26)21(28)16-29-18-5-3-2-4-6-18/h2-6,15,17H,7-14,16H2,1H3. The topological polar surface area (TPSA) is 65.0 Å². The first kappa shape index (κ1) is 19.4.